The second kappa shape index (κ2) is 6.43. The molecule has 0 aliphatic carbocycles. The van der Waals surface area contributed by atoms with Crippen molar-refractivity contribution in [1.82, 2.24) is 0 Å². The molecule has 2 aromatic rings. The van der Waals surface area contributed by atoms with Gasteiger partial charge in [-0.25, -0.2) is 0 Å². The lowest BCUT2D eigenvalue weighted by molar-refractivity contribution is 0.0841. The normalized spacial score (nSPS) is 16.0. The number of benzene rings is 2. The number of hydrogen-bond donors (Lipinski definition) is 2. The van der Waals surface area contributed by atoms with E-state index in [1.54, 1.807) is 6.07 Å². The Hall–Kier alpha value is -3.09. The molecule has 132 valence electrons. The Kier molecular flexibility index (Phi) is 4.31. The van der Waals surface area contributed by atoms with E-state index in [1.807, 2.05) is 0 Å². The lowest BCUT2D eigenvalue weighted by atomic mass is 9.94. The maximum atomic E-state index is 12.5. The van der Waals surface area contributed by atoms with E-state index in [2.05, 4.69) is 0 Å². The zero-order valence-corrected chi connectivity index (χ0v) is 14.0. The number of rotatable bonds is 4. The zero-order chi connectivity index (χ0) is 18.1. The van der Waals surface area contributed by atoms with Gasteiger partial charge in [0.25, 0.3) is 0 Å². The van der Waals surface area contributed by atoms with Crippen molar-refractivity contribution in [2.75, 3.05) is 21.3 Å². The number of phenols is 2. The molecule has 1 unspecified atom stereocenters. The predicted octanol–water partition coefficient (Wildman–Crippen LogP) is 2.83. The lowest BCUT2D eigenvalue weighted by Gasteiger charge is -2.27. The Balaban J connectivity index is 2.04. The van der Waals surface area contributed by atoms with Gasteiger partial charge in [-0.3, -0.25) is 4.79 Å². The first-order valence-electron chi connectivity index (χ1n) is 7.54. The molecule has 0 bridgehead atoms. The predicted molar refractivity (Wildman–Crippen MR) is 88.2 cm³/mol. The van der Waals surface area contributed by atoms with Gasteiger partial charge in [-0.05, 0) is 6.07 Å². The second-order valence-corrected chi connectivity index (χ2v) is 5.52. The molecule has 1 aliphatic rings. The van der Waals surface area contributed by atoms with Gasteiger partial charge in [0, 0.05) is 23.8 Å². The van der Waals surface area contributed by atoms with E-state index in [0.717, 1.165) is 0 Å². The van der Waals surface area contributed by atoms with Crippen molar-refractivity contribution in [2.45, 2.75) is 12.5 Å². The smallest absolute Gasteiger partial charge is 0.174 e. The fourth-order valence-corrected chi connectivity index (χ4v) is 2.85. The van der Waals surface area contributed by atoms with Crippen LogP contribution >= 0.6 is 0 Å². The Morgan fingerprint density at radius 2 is 1.64 bits per heavy atom. The number of ether oxygens (including phenoxy) is 4. The van der Waals surface area contributed by atoms with Crippen LogP contribution in [0.5, 0.6) is 34.5 Å². The summed E-state index contributed by atoms with van der Waals surface area (Å²) in [5, 5.41) is 20.3. The molecule has 0 amide bonds. The first-order chi connectivity index (χ1) is 12.0. The average molecular weight is 346 g/mol. The van der Waals surface area contributed by atoms with Crippen LogP contribution in [0.3, 0.4) is 0 Å². The third kappa shape index (κ3) is 2.88. The molecule has 0 radical (unpaired) electrons. The van der Waals surface area contributed by atoms with Crippen LogP contribution in [0, 0.1) is 0 Å². The van der Waals surface area contributed by atoms with Gasteiger partial charge < -0.3 is 29.2 Å². The van der Waals surface area contributed by atoms with E-state index in [1.165, 1.54) is 39.5 Å². The highest BCUT2D eigenvalue weighted by molar-refractivity contribution is 6.02. The van der Waals surface area contributed by atoms with Crippen LogP contribution in [0.4, 0.5) is 0 Å². The number of phenolic OH excluding ortho intramolecular Hbond substituents is 2. The Bertz CT molecular complexity index is 829. The molecule has 7 heteroatoms. The van der Waals surface area contributed by atoms with Gasteiger partial charge in [-0.15, -0.1) is 0 Å². The largest absolute Gasteiger partial charge is 0.507 e. The number of fused-ring (bicyclic) bond motifs is 1. The zero-order valence-electron chi connectivity index (χ0n) is 14.0. The number of carbonyl (C=O) groups excluding carboxylic acids is 1. The van der Waals surface area contributed by atoms with Crippen molar-refractivity contribution in [3.8, 4) is 34.5 Å². The molecular formula is C18H18O7. The number of Topliss-reactive ketones (excluding diaryl/α,β-unsaturated/α-hetero) is 1. The van der Waals surface area contributed by atoms with Gasteiger partial charge >= 0.3 is 0 Å². The van der Waals surface area contributed by atoms with Gasteiger partial charge in [0.05, 0.1) is 27.8 Å². The highest BCUT2D eigenvalue weighted by atomic mass is 16.5. The number of ketones is 1. The van der Waals surface area contributed by atoms with Gasteiger partial charge in [0.2, 0.25) is 0 Å². The van der Waals surface area contributed by atoms with Crippen LogP contribution in [0.25, 0.3) is 0 Å². The highest BCUT2D eigenvalue weighted by Gasteiger charge is 2.33. The third-order valence-corrected chi connectivity index (χ3v) is 4.09. The van der Waals surface area contributed by atoms with Crippen molar-refractivity contribution in [1.29, 1.82) is 0 Å². The van der Waals surface area contributed by atoms with Crippen LogP contribution < -0.4 is 18.9 Å². The summed E-state index contributed by atoms with van der Waals surface area (Å²) in [6.45, 7) is 0. The van der Waals surface area contributed by atoms with E-state index in [4.69, 9.17) is 18.9 Å². The summed E-state index contributed by atoms with van der Waals surface area (Å²) in [7, 11) is 4.39. The molecule has 0 fully saturated rings. The quantitative estimate of drug-likeness (QED) is 0.879. The van der Waals surface area contributed by atoms with Crippen molar-refractivity contribution >= 4 is 5.78 Å². The van der Waals surface area contributed by atoms with Crippen LogP contribution in [-0.4, -0.2) is 37.3 Å². The van der Waals surface area contributed by atoms with Crippen molar-refractivity contribution < 1.29 is 34.0 Å². The first-order valence-corrected chi connectivity index (χ1v) is 7.54. The van der Waals surface area contributed by atoms with E-state index in [9.17, 15) is 15.0 Å². The average Bonchev–Trinajstić information content (AvgIpc) is 2.60. The summed E-state index contributed by atoms with van der Waals surface area (Å²) < 4.78 is 21.3. The van der Waals surface area contributed by atoms with Gasteiger partial charge in [-0.2, -0.15) is 0 Å². The maximum absolute atomic E-state index is 12.5. The van der Waals surface area contributed by atoms with Crippen LogP contribution in [-0.2, 0) is 0 Å². The number of hydrogen-bond acceptors (Lipinski definition) is 7. The summed E-state index contributed by atoms with van der Waals surface area (Å²) in [6, 6.07) is 5.85. The van der Waals surface area contributed by atoms with Crippen LogP contribution in [0.1, 0.15) is 28.4 Å². The molecule has 0 spiro atoms. The summed E-state index contributed by atoms with van der Waals surface area (Å²) in [4.78, 5) is 12.5. The Labute approximate surface area is 144 Å². The monoisotopic (exact) mass is 346 g/mol. The van der Waals surface area contributed by atoms with Gasteiger partial charge in [0.1, 0.15) is 34.7 Å². The second-order valence-electron chi connectivity index (χ2n) is 5.52. The topological polar surface area (TPSA) is 94.5 Å². The standard InChI is InChI=1S/C18H18O7/c1-22-9-4-12(20)18-13(21)8-14(25-17(18)5-9)10-6-15(23-2)16(24-3)7-11(10)19/h4-7,14,19-20H,8H2,1-3H3. The van der Waals surface area contributed by atoms with Crippen molar-refractivity contribution in [3.05, 3.63) is 35.4 Å². The molecule has 1 heterocycles. The molecule has 3 rings (SSSR count). The van der Waals surface area contributed by atoms with E-state index >= 15 is 0 Å². The van der Waals surface area contributed by atoms with E-state index in [0.29, 0.717) is 22.8 Å². The molecule has 0 saturated heterocycles. The molecule has 1 atom stereocenters. The Morgan fingerprint density at radius 3 is 2.28 bits per heavy atom. The fourth-order valence-electron chi connectivity index (χ4n) is 2.85. The van der Waals surface area contributed by atoms with E-state index in [-0.39, 0.29) is 35.0 Å². The first kappa shape index (κ1) is 16.8. The summed E-state index contributed by atoms with van der Waals surface area (Å²) in [5.74, 6) is 0.769. The summed E-state index contributed by atoms with van der Waals surface area (Å²) in [5.41, 5.74) is 0.496. The fraction of sp³-hybridized carbons (Fsp3) is 0.278. The summed E-state index contributed by atoms with van der Waals surface area (Å²) in [6.07, 6.45) is -0.762. The van der Waals surface area contributed by atoms with Crippen molar-refractivity contribution in [3.63, 3.8) is 0 Å². The molecule has 2 aromatic carbocycles. The van der Waals surface area contributed by atoms with Crippen LogP contribution in [0.15, 0.2) is 24.3 Å². The Morgan fingerprint density at radius 1 is 0.960 bits per heavy atom. The minimum absolute atomic E-state index is 0.0318. The molecule has 25 heavy (non-hydrogen) atoms. The van der Waals surface area contributed by atoms with E-state index < -0.39 is 6.10 Å². The molecule has 0 aromatic heterocycles. The number of aromatic hydroxyl groups is 2. The van der Waals surface area contributed by atoms with Crippen LogP contribution in [0.2, 0.25) is 0 Å². The number of carbonyl (C=O) groups is 1. The molecular weight excluding hydrogens is 328 g/mol. The molecule has 7 nitrogen and oxygen atoms in total. The summed E-state index contributed by atoms with van der Waals surface area (Å²) >= 11 is 0. The minimum Gasteiger partial charge on any atom is -0.507 e. The lowest BCUT2D eigenvalue weighted by Crippen LogP contribution is -2.20. The number of methoxy groups -OCH3 is 3. The minimum atomic E-state index is -0.730. The highest BCUT2D eigenvalue weighted by Crippen LogP contribution is 2.45. The van der Waals surface area contributed by atoms with Gasteiger partial charge in [-0.1, -0.05) is 0 Å². The molecule has 2 N–H and O–H groups in total. The molecule has 1 aliphatic heterocycles. The molecule has 0 saturated carbocycles. The maximum Gasteiger partial charge on any atom is 0.174 e. The van der Waals surface area contributed by atoms with Gasteiger partial charge in [0.15, 0.2) is 17.3 Å². The van der Waals surface area contributed by atoms with Crippen molar-refractivity contribution in [2.24, 2.45) is 0 Å². The third-order valence-electron chi connectivity index (χ3n) is 4.09. The SMILES string of the molecule is COc1cc(O)c2c(c1)OC(c1cc(OC)c(OC)cc1O)CC2=O.